The first kappa shape index (κ1) is 16.6. The first-order valence-corrected chi connectivity index (χ1v) is 7.35. The molecule has 0 aromatic carbocycles. The molecule has 1 amide bonds. The van der Waals surface area contributed by atoms with Gasteiger partial charge in [0, 0.05) is 11.8 Å². The van der Waals surface area contributed by atoms with Crippen molar-refractivity contribution in [1.82, 2.24) is 5.32 Å². The Morgan fingerprint density at radius 2 is 1.75 bits per heavy atom. The van der Waals surface area contributed by atoms with Gasteiger partial charge in [-0.05, 0) is 31.8 Å². The number of allylic oxidation sites excluding steroid dienone is 1. The van der Waals surface area contributed by atoms with Crippen LogP contribution in [0, 0.1) is 17.8 Å². The third-order valence-electron chi connectivity index (χ3n) is 3.94. The van der Waals surface area contributed by atoms with Crippen molar-refractivity contribution in [2.45, 2.75) is 53.0 Å². The summed E-state index contributed by atoms with van der Waals surface area (Å²) in [6, 6.07) is -0.501. The number of hydrogen-bond donors (Lipinski definition) is 1. The summed E-state index contributed by atoms with van der Waals surface area (Å²) in [5.41, 5.74) is 0. The summed E-state index contributed by atoms with van der Waals surface area (Å²) in [6.07, 6.45) is 5.96. The molecule has 0 saturated heterocycles. The van der Waals surface area contributed by atoms with Crippen LogP contribution in [0.4, 0.5) is 0 Å². The predicted molar refractivity (Wildman–Crippen MR) is 78.1 cm³/mol. The van der Waals surface area contributed by atoms with Crippen LogP contribution in [0.15, 0.2) is 12.2 Å². The Labute approximate surface area is 121 Å². The van der Waals surface area contributed by atoms with Gasteiger partial charge in [-0.1, -0.05) is 33.3 Å². The van der Waals surface area contributed by atoms with Crippen LogP contribution in [0.25, 0.3) is 0 Å². The van der Waals surface area contributed by atoms with E-state index in [4.69, 9.17) is 0 Å². The van der Waals surface area contributed by atoms with Crippen molar-refractivity contribution >= 4 is 17.5 Å². The maximum absolute atomic E-state index is 12.2. The van der Waals surface area contributed by atoms with E-state index in [0.717, 1.165) is 19.3 Å². The lowest BCUT2D eigenvalue weighted by atomic mass is 9.84. The van der Waals surface area contributed by atoms with Gasteiger partial charge < -0.3 is 5.32 Å². The van der Waals surface area contributed by atoms with Gasteiger partial charge in [-0.2, -0.15) is 0 Å². The lowest BCUT2D eigenvalue weighted by Crippen LogP contribution is -2.47. The maximum atomic E-state index is 12.2. The van der Waals surface area contributed by atoms with E-state index in [2.05, 4.69) is 5.32 Å². The summed E-state index contributed by atoms with van der Waals surface area (Å²) in [6.45, 7) is 7.07. The van der Waals surface area contributed by atoms with Crippen LogP contribution in [0.2, 0.25) is 0 Å². The topological polar surface area (TPSA) is 63.2 Å². The summed E-state index contributed by atoms with van der Waals surface area (Å²) < 4.78 is 0. The molecular weight excluding hydrogens is 254 g/mol. The highest BCUT2D eigenvalue weighted by Gasteiger charge is 2.29. The van der Waals surface area contributed by atoms with E-state index in [1.54, 1.807) is 13.0 Å². The molecule has 0 aromatic rings. The summed E-state index contributed by atoms with van der Waals surface area (Å²) in [5.74, 6) is -0.298. The quantitative estimate of drug-likeness (QED) is 0.727. The van der Waals surface area contributed by atoms with E-state index >= 15 is 0 Å². The molecule has 0 aliphatic heterocycles. The number of carbonyl (C=O) groups excluding carboxylic acids is 3. The lowest BCUT2D eigenvalue weighted by molar-refractivity contribution is -0.131. The molecule has 1 saturated carbocycles. The van der Waals surface area contributed by atoms with Crippen LogP contribution in [0.1, 0.15) is 47.0 Å². The molecule has 0 spiro atoms. The minimum absolute atomic E-state index is 0.0173. The third kappa shape index (κ3) is 4.58. The Morgan fingerprint density at radius 1 is 1.15 bits per heavy atom. The molecule has 0 heterocycles. The van der Waals surface area contributed by atoms with Crippen LogP contribution < -0.4 is 5.32 Å². The second kappa shape index (κ2) is 7.36. The van der Waals surface area contributed by atoms with Gasteiger partial charge in [0.15, 0.2) is 5.78 Å². The van der Waals surface area contributed by atoms with Gasteiger partial charge in [0.05, 0.1) is 6.04 Å². The van der Waals surface area contributed by atoms with Crippen LogP contribution in [-0.2, 0) is 14.4 Å². The molecular formula is C16H25NO3. The maximum Gasteiger partial charge on any atom is 0.223 e. The van der Waals surface area contributed by atoms with E-state index in [-0.39, 0.29) is 35.2 Å². The van der Waals surface area contributed by atoms with Gasteiger partial charge in [0.1, 0.15) is 5.78 Å². The van der Waals surface area contributed by atoms with Gasteiger partial charge in [0.25, 0.3) is 0 Å². The van der Waals surface area contributed by atoms with Crippen molar-refractivity contribution in [3.05, 3.63) is 12.2 Å². The van der Waals surface area contributed by atoms with Crippen molar-refractivity contribution < 1.29 is 14.4 Å². The second-order valence-corrected chi connectivity index (χ2v) is 6.02. The zero-order valence-electron chi connectivity index (χ0n) is 12.8. The molecule has 20 heavy (non-hydrogen) atoms. The number of carbonyl (C=O) groups is 3. The zero-order chi connectivity index (χ0) is 15.3. The van der Waals surface area contributed by atoms with Crippen molar-refractivity contribution in [3.63, 3.8) is 0 Å². The van der Waals surface area contributed by atoms with Gasteiger partial charge in [-0.3, -0.25) is 14.4 Å². The lowest BCUT2D eigenvalue weighted by Gasteiger charge is -2.28. The monoisotopic (exact) mass is 279 g/mol. The minimum atomic E-state index is -0.501. The van der Waals surface area contributed by atoms with E-state index in [1.165, 1.54) is 13.0 Å². The van der Waals surface area contributed by atoms with Crippen molar-refractivity contribution in [2.75, 3.05) is 0 Å². The van der Waals surface area contributed by atoms with Crippen molar-refractivity contribution in [2.24, 2.45) is 17.8 Å². The van der Waals surface area contributed by atoms with E-state index in [1.807, 2.05) is 13.8 Å². The normalized spacial score (nSPS) is 18.6. The van der Waals surface area contributed by atoms with Gasteiger partial charge in [-0.25, -0.2) is 0 Å². The average Bonchev–Trinajstić information content (AvgIpc) is 2.29. The number of hydrogen-bond acceptors (Lipinski definition) is 3. The van der Waals surface area contributed by atoms with Crippen LogP contribution in [-0.4, -0.2) is 23.5 Å². The smallest absolute Gasteiger partial charge is 0.223 e. The minimum Gasteiger partial charge on any atom is -0.345 e. The molecule has 2 atom stereocenters. The van der Waals surface area contributed by atoms with E-state index < -0.39 is 6.04 Å². The Balaban J connectivity index is 2.62. The second-order valence-electron chi connectivity index (χ2n) is 6.02. The zero-order valence-corrected chi connectivity index (χ0v) is 12.8. The fraction of sp³-hybridized carbons (Fsp3) is 0.688. The molecule has 112 valence electrons. The summed E-state index contributed by atoms with van der Waals surface area (Å²) in [4.78, 5) is 35.3. The Bertz CT molecular complexity index is 408. The average molecular weight is 279 g/mol. The number of nitrogens with one attached hydrogen (secondary N) is 1. The summed E-state index contributed by atoms with van der Waals surface area (Å²) in [7, 11) is 0. The largest absolute Gasteiger partial charge is 0.345 e. The van der Waals surface area contributed by atoms with Crippen molar-refractivity contribution in [3.8, 4) is 0 Å². The number of ketones is 2. The fourth-order valence-corrected chi connectivity index (χ4v) is 1.99. The van der Waals surface area contributed by atoms with Gasteiger partial charge in [-0.15, -0.1) is 0 Å². The van der Waals surface area contributed by atoms with Crippen LogP contribution in [0.5, 0.6) is 0 Å². The van der Waals surface area contributed by atoms with E-state index in [9.17, 15) is 14.4 Å². The molecule has 4 heteroatoms. The molecule has 1 rings (SSSR count). The molecule has 0 bridgehead atoms. The fourth-order valence-electron chi connectivity index (χ4n) is 1.99. The molecule has 1 N–H and O–H groups in total. The standard InChI is InChI=1S/C16H25NO3/c1-10(2)15(17-16(20)13-6-5-7-13)14(19)9-8-11(3)12(4)18/h8-11,13,15H,5-7H2,1-4H3,(H,17,20)/b9-8+. The van der Waals surface area contributed by atoms with Crippen LogP contribution >= 0.6 is 0 Å². The number of Topliss-reactive ketones (excluding diaryl/α,β-unsaturated/α-hetero) is 1. The predicted octanol–water partition coefficient (Wildman–Crippen LogP) is 2.28. The summed E-state index contributed by atoms with van der Waals surface area (Å²) in [5, 5.41) is 2.85. The van der Waals surface area contributed by atoms with Gasteiger partial charge >= 0.3 is 0 Å². The number of rotatable bonds is 7. The van der Waals surface area contributed by atoms with Crippen molar-refractivity contribution in [1.29, 1.82) is 0 Å². The SMILES string of the molecule is CC(=O)C(C)/C=C/C(=O)C(NC(=O)C1CCC1)C(C)C. The highest BCUT2D eigenvalue weighted by Crippen LogP contribution is 2.26. The Hall–Kier alpha value is -1.45. The summed E-state index contributed by atoms with van der Waals surface area (Å²) >= 11 is 0. The highest BCUT2D eigenvalue weighted by atomic mass is 16.2. The first-order chi connectivity index (χ1) is 9.32. The molecule has 1 aliphatic carbocycles. The molecule has 0 aromatic heterocycles. The van der Waals surface area contributed by atoms with Crippen LogP contribution in [0.3, 0.4) is 0 Å². The molecule has 1 aliphatic rings. The molecule has 1 fully saturated rings. The molecule has 4 nitrogen and oxygen atoms in total. The Morgan fingerprint density at radius 3 is 2.15 bits per heavy atom. The molecule has 0 radical (unpaired) electrons. The van der Waals surface area contributed by atoms with Gasteiger partial charge in [0.2, 0.25) is 5.91 Å². The number of amides is 1. The third-order valence-corrected chi connectivity index (χ3v) is 3.94. The Kier molecular flexibility index (Phi) is 6.11. The highest BCUT2D eigenvalue weighted by molar-refractivity contribution is 5.98. The first-order valence-electron chi connectivity index (χ1n) is 7.35. The van der Waals surface area contributed by atoms with E-state index in [0.29, 0.717) is 0 Å². The molecule has 2 unspecified atom stereocenters.